The van der Waals surface area contributed by atoms with Crippen LogP contribution in [-0.2, 0) is 13.2 Å². The molecule has 3 aromatic heterocycles. The standard InChI is InChI=1S/C21H18F4N6O2/c1-11-8-13(9-15(10-32)27-11)16-17(12-2-4-14(22)5-3-12)28-19(26)31-18(16)29-30(20(31)33)7-6-21(23,24)25/h2-5,8-9,32H,6-7,10H2,1H3,(H2,26,27,28,29)/p+1. The molecular weight excluding hydrogens is 444 g/mol. The Morgan fingerprint density at radius 1 is 1.15 bits per heavy atom. The summed E-state index contributed by atoms with van der Waals surface area (Å²) in [6, 6.07) is 8.63. The third kappa shape index (κ3) is 4.42. The van der Waals surface area contributed by atoms with Gasteiger partial charge in [-0.05, 0) is 48.9 Å². The van der Waals surface area contributed by atoms with Gasteiger partial charge in [0, 0.05) is 11.3 Å². The molecular formula is C21H19F4N6O2+. The SMILES string of the molecule is Cc1cc(-c2c(-c3ccc(F)cc3)nc(N)[n+]3c(=O)n(CCC(F)(F)F)[nH]c23)cc(CO)n1. The highest BCUT2D eigenvalue weighted by Crippen LogP contribution is 2.33. The first kappa shape index (κ1) is 22.4. The number of aromatic amines is 1. The number of H-pyrrole nitrogens is 1. The summed E-state index contributed by atoms with van der Waals surface area (Å²) in [6.07, 6.45) is -5.69. The van der Waals surface area contributed by atoms with E-state index >= 15 is 0 Å². The Hall–Kier alpha value is -3.80. The van der Waals surface area contributed by atoms with E-state index in [-0.39, 0.29) is 23.9 Å². The number of rotatable bonds is 5. The zero-order valence-corrected chi connectivity index (χ0v) is 17.3. The van der Waals surface area contributed by atoms with Gasteiger partial charge in [0.1, 0.15) is 11.5 Å². The highest BCUT2D eigenvalue weighted by atomic mass is 19.4. The van der Waals surface area contributed by atoms with Crippen LogP contribution in [0.4, 0.5) is 23.5 Å². The molecule has 0 amide bonds. The summed E-state index contributed by atoms with van der Waals surface area (Å²) in [5.41, 5.74) is 7.74. The Balaban J connectivity index is 2.05. The molecule has 4 aromatic rings. The maximum atomic E-state index is 13.5. The maximum absolute atomic E-state index is 13.5. The molecule has 33 heavy (non-hydrogen) atoms. The largest absolute Gasteiger partial charge is 0.428 e. The fraction of sp³-hybridized carbons (Fsp3) is 0.238. The topological polar surface area (TPSA) is 114 Å². The van der Waals surface area contributed by atoms with Crippen LogP contribution in [-0.4, -0.2) is 31.0 Å². The summed E-state index contributed by atoms with van der Waals surface area (Å²) in [5.74, 6) is -0.731. The zero-order chi connectivity index (χ0) is 23.9. The number of aliphatic hydroxyl groups excluding tert-OH is 1. The highest BCUT2D eigenvalue weighted by Gasteiger charge is 2.30. The Bertz CT molecular complexity index is 1390. The summed E-state index contributed by atoms with van der Waals surface area (Å²) in [6.45, 7) is 0.695. The van der Waals surface area contributed by atoms with Gasteiger partial charge in [0.15, 0.2) is 0 Å². The van der Waals surface area contributed by atoms with E-state index in [4.69, 9.17) is 5.73 Å². The van der Waals surface area contributed by atoms with Crippen molar-refractivity contribution in [2.75, 3.05) is 5.73 Å². The number of nitrogen functional groups attached to an aromatic ring is 1. The number of anilines is 1. The summed E-state index contributed by atoms with van der Waals surface area (Å²) >= 11 is 0. The number of alkyl halides is 3. The first-order valence-corrected chi connectivity index (χ1v) is 9.83. The summed E-state index contributed by atoms with van der Waals surface area (Å²) in [4.78, 5) is 21.4. The molecule has 0 atom stereocenters. The second-order valence-electron chi connectivity index (χ2n) is 7.44. The Morgan fingerprint density at radius 3 is 2.48 bits per heavy atom. The lowest BCUT2D eigenvalue weighted by Crippen LogP contribution is -2.44. The first-order valence-electron chi connectivity index (χ1n) is 9.83. The quantitative estimate of drug-likeness (QED) is 0.311. The number of aryl methyl sites for hydroxylation is 2. The van der Waals surface area contributed by atoms with E-state index in [1.807, 2.05) is 0 Å². The number of nitrogens with two attached hydrogens (primary N) is 1. The number of benzene rings is 1. The number of hydrogen-bond donors (Lipinski definition) is 3. The van der Waals surface area contributed by atoms with Crippen LogP contribution < -0.4 is 15.8 Å². The molecule has 0 aliphatic carbocycles. The van der Waals surface area contributed by atoms with Crippen LogP contribution in [0.5, 0.6) is 0 Å². The lowest BCUT2D eigenvalue weighted by Gasteiger charge is -2.10. The van der Waals surface area contributed by atoms with Gasteiger partial charge in [0.25, 0.3) is 0 Å². The molecule has 172 valence electrons. The van der Waals surface area contributed by atoms with E-state index in [0.717, 1.165) is 9.08 Å². The van der Waals surface area contributed by atoms with Gasteiger partial charge in [-0.2, -0.15) is 17.9 Å². The molecule has 0 radical (unpaired) electrons. The molecule has 0 spiro atoms. The van der Waals surface area contributed by atoms with Gasteiger partial charge in [-0.1, -0.05) is 0 Å². The van der Waals surface area contributed by atoms with Gasteiger partial charge in [-0.3, -0.25) is 4.98 Å². The molecule has 0 saturated heterocycles. The van der Waals surface area contributed by atoms with Crippen LogP contribution in [0, 0.1) is 12.7 Å². The number of pyridine rings is 1. The van der Waals surface area contributed by atoms with Gasteiger partial charge in [-0.25, -0.2) is 14.3 Å². The fourth-order valence-corrected chi connectivity index (χ4v) is 3.60. The molecule has 4 rings (SSSR count). The lowest BCUT2D eigenvalue weighted by molar-refractivity contribution is -0.516. The molecule has 0 aliphatic rings. The van der Waals surface area contributed by atoms with E-state index in [2.05, 4.69) is 15.1 Å². The van der Waals surface area contributed by atoms with Crippen LogP contribution in [0.2, 0.25) is 0 Å². The molecule has 0 aliphatic heterocycles. The normalized spacial score (nSPS) is 11.9. The number of nitrogens with one attached hydrogen (secondary N) is 1. The van der Waals surface area contributed by atoms with Crippen LogP contribution in [0.15, 0.2) is 41.2 Å². The average Bonchev–Trinajstić information content (AvgIpc) is 3.08. The van der Waals surface area contributed by atoms with Gasteiger partial charge >= 0.3 is 17.8 Å². The Morgan fingerprint density at radius 2 is 1.85 bits per heavy atom. The molecule has 8 nitrogen and oxygen atoms in total. The van der Waals surface area contributed by atoms with Crippen molar-refractivity contribution < 1.29 is 27.1 Å². The number of aliphatic hydroxyl groups is 1. The van der Waals surface area contributed by atoms with Gasteiger partial charge in [0.05, 0.1) is 30.8 Å². The minimum atomic E-state index is -4.47. The second kappa shape index (κ2) is 8.28. The zero-order valence-electron chi connectivity index (χ0n) is 17.3. The minimum Gasteiger partial charge on any atom is -0.390 e. The van der Waals surface area contributed by atoms with Gasteiger partial charge in [-0.15, -0.1) is 9.38 Å². The molecule has 0 fully saturated rings. The average molecular weight is 463 g/mol. The molecule has 4 N–H and O–H groups in total. The molecule has 1 aromatic carbocycles. The Kier molecular flexibility index (Phi) is 5.62. The van der Waals surface area contributed by atoms with Crippen LogP contribution in [0.25, 0.3) is 28.0 Å². The predicted octanol–water partition coefficient (Wildman–Crippen LogP) is 2.51. The third-order valence-corrected chi connectivity index (χ3v) is 5.01. The third-order valence-electron chi connectivity index (χ3n) is 5.01. The van der Waals surface area contributed by atoms with E-state index in [0.29, 0.717) is 28.1 Å². The minimum absolute atomic E-state index is 0.100. The molecule has 0 saturated carbocycles. The van der Waals surface area contributed by atoms with E-state index < -0.39 is 30.6 Å². The van der Waals surface area contributed by atoms with Gasteiger partial charge < -0.3 is 10.8 Å². The van der Waals surface area contributed by atoms with Crippen molar-refractivity contribution in [3.8, 4) is 22.4 Å². The van der Waals surface area contributed by atoms with E-state index in [1.165, 1.54) is 24.3 Å². The number of hydrogen-bond acceptors (Lipinski definition) is 5. The summed E-state index contributed by atoms with van der Waals surface area (Å²) < 4.78 is 53.6. The fourth-order valence-electron chi connectivity index (χ4n) is 3.60. The Labute approximate surface area is 184 Å². The van der Waals surface area contributed by atoms with Crippen molar-refractivity contribution in [2.24, 2.45) is 0 Å². The summed E-state index contributed by atoms with van der Waals surface area (Å²) in [5, 5.41) is 12.3. The van der Waals surface area contributed by atoms with E-state index in [1.54, 1.807) is 19.1 Å². The number of nitrogens with zero attached hydrogens (tertiary/aromatic N) is 4. The van der Waals surface area contributed by atoms with Crippen molar-refractivity contribution >= 4 is 11.6 Å². The van der Waals surface area contributed by atoms with Crippen molar-refractivity contribution in [1.82, 2.24) is 19.7 Å². The second-order valence-corrected chi connectivity index (χ2v) is 7.44. The molecule has 12 heteroatoms. The monoisotopic (exact) mass is 463 g/mol. The van der Waals surface area contributed by atoms with E-state index in [9.17, 15) is 27.5 Å². The van der Waals surface area contributed by atoms with Crippen molar-refractivity contribution in [3.05, 3.63) is 64.1 Å². The number of halogens is 4. The van der Waals surface area contributed by atoms with Crippen LogP contribution in [0.3, 0.4) is 0 Å². The van der Waals surface area contributed by atoms with Crippen LogP contribution >= 0.6 is 0 Å². The molecule has 0 unspecified atom stereocenters. The summed E-state index contributed by atoms with van der Waals surface area (Å²) in [7, 11) is 0. The van der Waals surface area contributed by atoms with Crippen molar-refractivity contribution in [3.63, 3.8) is 0 Å². The smallest absolute Gasteiger partial charge is 0.390 e. The highest BCUT2D eigenvalue weighted by molar-refractivity contribution is 5.88. The van der Waals surface area contributed by atoms with Crippen LogP contribution in [0.1, 0.15) is 17.8 Å². The molecule has 3 heterocycles. The van der Waals surface area contributed by atoms with Crippen molar-refractivity contribution in [2.45, 2.75) is 32.7 Å². The number of fused-ring (bicyclic) bond motifs is 1. The number of aromatic nitrogens is 5. The lowest BCUT2D eigenvalue weighted by atomic mass is 9.99. The van der Waals surface area contributed by atoms with Gasteiger partial charge in [0.2, 0.25) is 5.65 Å². The van der Waals surface area contributed by atoms with Crippen molar-refractivity contribution in [1.29, 1.82) is 0 Å². The predicted molar refractivity (Wildman–Crippen MR) is 110 cm³/mol. The maximum Gasteiger partial charge on any atom is 0.428 e. The molecule has 0 bridgehead atoms. The first-order chi connectivity index (χ1) is 15.6.